The fourth-order valence-electron chi connectivity index (χ4n) is 3.22. The van der Waals surface area contributed by atoms with Crippen LogP contribution < -0.4 is 10.8 Å². The van der Waals surface area contributed by atoms with Crippen molar-refractivity contribution in [2.75, 3.05) is 19.6 Å². The molecule has 11 nitrogen and oxygen atoms in total. The molecule has 0 aromatic heterocycles. The van der Waals surface area contributed by atoms with Gasteiger partial charge in [0, 0.05) is 13.1 Å². The van der Waals surface area contributed by atoms with E-state index in [1.165, 1.54) is 0 Å². The Balaban J connectivity index is 1.58. The summed E-state index contributed by atoms with van der Waals surface area (Å²) in [6.07, 6.45) is -1.20. The van der Waals surface area contributed by atoms with Crippen LogP contribution in [0.4, 0.5) is 9.18 Å². The number of hydroxylamine groups is 3. The lowest BCUT2D eigenvalue weighted by atomic mass is 10.0. The van der Waals surface area contributed by atoms with Crippen LogP contribution in [-0.2, 0) is 24.3 Å². The van der Waals surface area contributed by atoms with Gasteiger partial charge in [-0.2, -0.15) is 13.5 Å². The average Bonchev–Trinajstić information content (AvgIpc) is 2.77. The lowest BCUT2D eigenvalue weighted by Gasteiger charge is -2.31. The molecule has 3 fully saturated rings. The molecule has 0 aromatic carbocycles. The number of alkyl halides is 1. The van der Waals surface area contributed by atoms with E-state index in [2.05, 4.69) is 15.1 Å². The third-order valence-corrected chi connectivity index (χ3v) is 4.81. The third-order valence-electron chi connectivity index (χ3n) is 4.46. The Hall–Kier alpha value is -1.54. The molecule has 3 aliphatic heterocycles. The van der Waals surface area contributed by atoms with Crippen molar-refractivity contribution in [1.29, 1.82) is 0 Å². The number of halogens is 1. The number of nitrogens with one attached hydrogen (secondary N) is 2. The number of urea groups is 1. The Morgan fingerprint density at radius 3 is 2.80 bits per heavy atom. The molecule has 13 heteroatoms. The van der Waals surface area contributed by atoms with E-state index in [1.807, 2.05) is 0 Å². The molecule has 3 aliphatic rings. The standard InChI is InChI=1S/C12H19FN4O7S/c13-8-3-4-14-5-10(8)23-15-11(18)9-2-1-7-6-16(9)12(19)17(7)24-25(20,21)22/h7-10,14H,1-6H2,(H,15,18)(H,20,21,22). The largest absolute Gasteiger partial charge is 0.418 e. The molecule has 4 atom stereocenters. The quantitative estimate of drug-likeness (QED) is 0.396. The SMILES string of the molecule is O=C(NOC1CNCCC1F)C1CCC2CN1C(=O)N2OS(=O)(=O)O. The van der Waals surface area contributed by atoms with Crippen molar-refractivity contribution in [2.45, 2.75) is 43.6 Å². The minimum atomic E-state index is -4.84. The fraction of sp³-hybridized carbons (Fsp3) is 0.833. The number of hydrogen-bond donors (Lipinski definition) is 3. The van der Waals surface area contributed by atoms with Crippen LogP contribution in [0.5, 0.6) is 0 Å². The number of amides is 3. The number of carbonyl (C=O) groups excluding carboxylic acids is 2. The van der Waals surface area contributed by atoms with Gasteiger partial charge in [-0.15, -0.1) is 4.28 Å². The molecule has 3 saturated heterocycles. The Bertz CT molecular complexity index is 647. The summed E-state index contributed by atoms with van der Waals surface area (Å²) in [7, 11) is -4.84. The molecule has 0 radical (unpaired) electrons. The predicted octanol–water partition coefficient (Wildman–Crippen LogP) is -1.26. The van der Waals surface area contributed by atoms with Gasteiger partial charge in [0.25, 0.3) is 5.91 Å². The monoisotopic (exact) mass is 382 g/mol. The fourth-order valence-corrected chi connectivity index (χ4v) is 3.61. The van der Waals surface area contributed by atoms with Crippen molar-refractivity contribution in [3.63, 3.8) is 0 Å². The number of fused-ring (bicyclic) bond motifs is 2. The Labute approximate surface area is 143 Å². The Kier molecular flexibility index (Phi) is 5.11. The summed E-state index contributed by atoms with van der Waals surface area (Å²) < 4.78 is 48.3. The van der Waals surface area contributed by atoms with E-state index in [9.17, 15) is 22.4 Å². The molecule has 0 saturated carbocycles. The number of piperidine rings is 2. The van der Waals surface area contributed by atoms with Gasteiger partial charge in [0.05, 0.1) is 6.04 Å². The maximum atomic E-state index is 13.7. The van der Waals surface area contributed by atoms with Crippen LogP contribution in [0.1, 0.15) is 19.3 Å². The van der Waals surface area contributed by atoms with Crippen LogP contribution >= 0.6 is 0 Å². The van der Waals surface area contributed by atoms with Crippen LogP contribution in [0.25, 0.3) is 0 Å². The second kappa shape index (κ2) is 6.99. The first-order chi connectivity index (χ1) is 11.8. The highest BCUT2D eigenvalue weighted by Crippen LogP contribution is 2.30. The van der Waals surface area contributed by atoms with Gasteiger partial charge >= 0.3 is 16.4 Å². The van der Waals surface area contributed by atoms with Crippen molar-refractivity contribution < 1.29 is 36.1 Å². The molecular weight excluding hydrogens is 363 g/mol. The first-order valence-corrected chi connectivity index (χ1v) is 9.20. The zero-order valence-corrected chi connectivity index (χ0v) is 13.9. The van der Waals surface area contributed by atoms with Crippen molar-refractivity contribution in [3.05, 3.63) is 0 Å². The predicted molar refractivity (Wildman–Crippen MR) is 78.8 cm³/mol. The molecule has 25 heavy (non-hydrogen) atoms. The van der Waals surface area contributed by atoms with E-state index in [0.717, 1.165) is 4.90 Å². The maximum absolute atomic E-state index is 13.7. The normalized spacial score (nSPS) is 32.8. The van der Waals surface area contributed by atoms with Gasteiger partial charge in [-0.3, -0.25) is 14.2 Å². The van der Waals surface area contributed by atoms with Crippen LogP contribution in [0, 0.1) is 0 Å². The number of hydrogen-bond acceptors (Lipinski definition) is 7. The summed E-state index contributed by atoms with van der Waals surface area (Å²) in [5.74, 6) is -0.627. The van der Waals surface area contributed by atoms with E-state index < -0.39 is 46.7 Å². The Morgan fingerprint density at radius 1 is 1.36 bits per heavy atom. The topological polar surface area (TPSA) is 138 Å². The van der Waals surface area contributed by atoms with E-state index in [4.69, 9.17) is 9.39 Å². The maximum Gasteiger partial charge on any atom is 0.418 e. The summed E-state index contributed by atoms with van der Waals surface area (Å²) >= 11 is 0. The van der Waals surface area contributed by atoms with E-state index >= 15 is 0 Å². The smallest absolute Gasteiger partial charge is 0.314 e. The second-order valence-electron chi connectivity index (χ2n) is 6.14. The molecule has 3 heterocycles. The molecule has 4 unspecified atom stereocenters. The van der Waals surface area contributed by atoms with Gasteiger partial charge < -0.3 is 10.2 Å². The van der Waals surface area contributed by atoms with Crippen molar-refractivity contribution in [2.24, 2.45) is 0 Å². The molecule has 142 valence electrons. The van der Waals surface area contributed by atoms with E-state index in [0.29, 0.717) is 18.0 Å². The number of nitrogens with zero attached hydrogens (tertiary/aromatic N) is 2. The summed E-state index contributed by atoms with van der Waals surface area (Å²) in [5.41, 5.74) is 2.18. The molecule has 0 aromatic rings. The molecule has 2 bridgehead atoms. The molecule has 3 rings (SSSR count). The minimum Gasteiger partial charge on any atom is -0.314 e. The summed E-state index contributed by atoms with van der Waals surface area (Å²) in [6, 6.07) is -2.33. The Morgan fingerprint density at radius 2 is 2.12 bits per heavy atom. The average molecular weight is 382 g/mol. The van der Waals surface area contributed by atoms with Crippen LogP contribution in [-0.4, -0.2) is 78.9 Å². The molecule has 3 amide bonds. The van der Waals surface area contributed by atoms with Gasteiger partial charge in [0.2, 0.25) is 0 Å². The zero-order chi connectivity index (χ0) is 18.2. The second-order valence-corrected chi connectivity index (χ2v) is 7.15. The number of carbonyl (C=O) groups is 2. The molecular formula is C12H19FN4O7S. The van der Waals surface area contributed by atoms with Crippen molar-refractivity contribution in [1.82, 2.24) is 20.8 Å². The summed E-state index contributed by atoms with van der Waals surface area (Å²) in [4.78, 5) is 30.7. The van der Waals surface area contributed by atoms with Crippen LogP contribution in [0.15, 0.2) is 0 Å². The van der Waals surface area contributed by atoms with Gasteiger partial charge in [-0.25, -0.2) is 14.7 Å². The van der Waals surface area contributed by atoms with E-state index in [-0.39, 0.29) is 25.9 Å². The lowest BCUT2D eigenvalue weighted by Crippen LogP contribution is -2.52. The van der Waals surface area contributed by atoms with Crippen LogP contribution in [0.2, 0.25) is 0 Å². The highest BCUT2D eigenvalue weighted by atomic mass is 32.3. The minimum absolute atomic E-state index is 0.0726. The van der Waals surface area contributed by atoms with Crippen molar-refractivity contribution >= 4 is 22.3 Å². The van der Waals surface area contributed by atoms with Gasteiger partial charge in [0.15, 0.2) is 0 Å². The van der Waals surface area contributed by atoms with Gasteiger partial charge in [0.1, 0.15) is 18.3 Å². The van der Waals surface area contributed by atoms with Crippen LogP contribution in [0.3, 0.4) is 0 Å². The summed E-state index contributed by atoms with van der Waals surface area (Å²) in [5, 5.41) is 3.49. The highest BCUT2D eigenvalue weighted by molar-refractivity contribution is 7.80. The van der Waals surface area contributed by atoms with E-state index in [1.54, 1.807) is 0 Å². The lowest BCUT2D eigenvalue weighted by molar-refractivity contribution is -0.148. The first-order valence-electron chi connectivity index (χ1n) is 7.83. The highest BCUT2D eigenvalue weighted by Gasteiger charge is 2.49. The third kappa shape index (κ3) is 4.00. The number of rotatable bonds is 5. The zero-order valence-electron chi connectivity index (χ0n) is 13.1. The van der Waals surface area contributed by atoms with Gasteiger partial charge in [-0.05, 0) is 25.8 Å². The first kappa shape index (κ1) is 18.3. The van der Waals surface area contributed by atoms with Crippen molar-refractivity contribution in [3.8, 4) is 0 Å². The molecule has 3 N–H and O–H groups in total. The summed E-state index contributed by atoms with van der Waals surface area (Å²) in [6.45, 7) is 0.862. The molecule has 0 aliphatic carbocycles. The van der Waals surface area contributed by atoms with Gasteiger partial charge in [-0.1, -0.05) is 0 Å². The molecule has 0 spiro atoms.